The number of aryl methyl sites for hydroxylation is 1. The van der Waals surface area contributed by atoms with Crippen molar-refractivity contribution in [3.05, 3.63) is 81.8 Å². The summed E-state index contributed by atoms with van der Waals surface area (Å²) in [6, 6.07) is 16.3. The Balaban J connectivity index is 1.78. The highest BCUT2D eigenvalue weighted by molar-refractivity contribution is 7.92. The molecule has 3 aromatic carbocycles. The molecule has 0 spiro atoms. The molecule has 186 valence electrons. The third-order valence-corrected chi connectivity index (χ3v) is 7.80. The average molecular weight is 537 g/mol. The van der Waals surface area contributed by atoms with Gasteiger partial charge in [0.05, 0.1) is 34.8 Å². The summed E-state index contributed by atoms with van der Waals surface area (Å²) in [5, 5.41) is 3.24. The number of hydrogen-bond acceptors (Lipinski definition) is 5. The van der Waals surface area contributed by atoms with Gasteiger partial charge in [0.15, 0.2) is 11.5 Å². The number of nitrogens with zero attached hydrogens (tertiary/aromatic N) is 1. The Labute approximate surface area is 215 Å². The normalized spacial score (nSPS) is 11.1. The topological polar surface area (TPSA) is 84.9 Å². The lowest BCUT2D eigenvalue weighted by molar-refractivity contribution is -0.119. The standard InChI is InChI=1S/C25H26Cl2N2O5S/c1-17-4-8-20(9-5-17)35(31,32)29(19-7-10-21(26)22(27)15-19)16-25(30)28-13-12-18-6-11-23(33-2)24(14-18)34-3/h4-11,14-15H,12-13,16H2,1-3H3,(H,28,30). The molecule has 0 fully saturated rings. The number of amides is 1. The molecular weight excluding hydrogens is 511 g/mol. The minimum atomic E-state index is -4.05. The number of nitrogens with one attached hydrogen (secondary N) is 1. The zero-order chi connectivity index (χ0) is 25.6. The maximum atomic E-state index is 13.4. The molecule has 0 aromatic heterocycles. The Hall–Kier alpha value is -2.94. The van der Waals surface area contributed by atoms with E-state index in [1.54, 1.807) is 32.4 Å². The molecule has 0 saturated carbocycles. The van der Waals surface area contributed by atoms with E-state index in [1.807, 2.05) is 19.1 Å². The molecular formula is C25H26Cl2N2O5S. The van der Waals surface area contributed by atoms with Crippen molar-refractivity contribution in [1.29, 1.82) is 0 Å². The van der Waals surface area contributed by atoms with Crippen LogP contribution in [-0.4, -0.2) is 41.6 Å². The first kappa shape index (κ1) is 26.7. The SMILES string of the molecule is COc1ccc(CCNC(=O)CN(c2ccc(Cl)c(Cl)c2)S(=O)(=O)c2ccc(C)cc2)cc1OC. The van der Waals surface area contributed by atoms with Crippen LogP contribution in [0.3, 0.4) is 0 Å². The molecule has 3 aromatic rings. The number of hydrogen-bond donors (Lipinski definition) is 1. The molecule has 0 aliphatic rings. The van der Waals surface area contributed by atoms with Crippen LogP contribution in [0.5, 0.6) is 11.5 Å². The number of halogens is 2. The van der Waals surface area contributed by atoms with Crippen LogP contribution in [0.15, 0.2) is 65.6 Å². The fourth-order valence-corrected chi connectivity index (χ4v) is 5.07. The van der Waals surface area contributed by atoms with Gasteiger partial charge in [-0.15, -0.1) is 0 Å². The molecule has 0 aliphatic heterocycles. The van der Waals surface area contributed by atoms with Crippen LogP contribution < -0.4 is 19.1 Å². The van der Waals surface area contributed by atoms with Crippen LogP contribution in [-0.2, 0) is 21.2 Å². The highest BCUT2D eigenvalue weighted by Gasteiger charge is 2.27. The Kier molecular flexibility index (Phi) is 8.88. The van der Waals surface area contributed by atoms with Gasteiger partial charge in [0.2, 0.25) is 5.91 Å². The molecule has 1 N–H and O–H groups in total. The van der Waals surface area contributed by atoms with E-state index in [1.165, 1.54) is 30.3 Å². The van der Waals surface area contributed by atoms with E-state index >= 15 is 0 Å². The second-order valence-corrected chi connectivity index (χ2v) is 10.4. The molecule has 1 amide bonds. The molecule has 35 heavy (non-hydrogen) atoms. The van der Waals surface area contributed by atoms with Gasteiger partial charge in [-0.2, -0.15) is 0 Å². The monoisotopic (exact) mass is 536 g/mol. The third-order valence-electron chi connectivity index (χ3n) is 5.27. The van der Waals surface area contributed by atoms with E-state index in [0.717, 1.165) is 15.4 Å². The van der Waals surface area contributed by atoms with Crippen molar-refractivity contribution in [3.63, 3.8) is 0 Å². The highest BCUT2D eigenvalue weighted by Crippen LogP contribution is 2.31. The van der Waals surface area contributed by atoms with Gasteiger partial charge >= 0.3 is 0 Å². The lowest BCUT2D eigenvalue weighted by Gasteiger charge is -2.24. The predicted octanol–water partition coefficient (Wildman–Crippen LogP) is 4.87. The van der Waals surface area contributed by atoms with Crippen LogP contribution in [0.2, 0.25) is 10.0 Å². The van der Waals surface area contributed by atoms with Gasteiger partial charge in [-0.3, -0.25) is 9.10 Å². The number of methoxy groups -OCH3 is 2. The fraction of sp³-hybridized carbons (Fsp3) is 0.240. The summed E-state index contributed by atoms with van der Waals surface area (Å²) in [7, 11) is -0.940. The largest absolute Gasteiger partial charge is 0.493 e. The second-order valence-electron chi connectivity index (χ2n) is 7.71. The van der Waals surface area contributed by atoms with E-state index < -0.39 is 22.5 Å². The van der Waals surface area contributed by atoms with Crippen molar-refractivity contribution < 1.29 is 22.7 Å². The van der Waals surface area contributed by atoms with Crippen molar-refractivity contribution in [2.45, 2.75) is 18.2 Å². The highest BCUT2D eigenvalue weighted by atomic mass is 35.5. The smallest absolute Gasteiger partial charge is 0.264 e. The summed E-state index contributed by atoms with van der Waals surface area (Å²) >= 11 is 12.1. The van der Waals surface area contributed by atoms with E-state index in [-0.39, 0.29) is 20.6 Å². The summed E-state index contributed by atoms with van der Waals surface area (Å²) in [4.78, 5) is 12.9. The molecule has 0 heterocycles. The number of rotatable bonds is 10. The first-order valence-corrected chi connectivity index (χ1v) is 12.9. The van der Waals surface area contributed by atoms with E-state index in [9.17, 15) is 13.2 Å². The van der Waals surface area contributed by atoms with E-state index in [0.29, 0.717) is 24.5 Å². The van der Waals surface area contributed by atoms with Crippen LogP contribution in [0, 0.1) is 6.92 Å². The van der Waals surface area contributed by atoms with Crippen LogP contribution in [0.1, 0.15) is 11.1 Å². The minimum Gasteiger partial charge on any atom is -0.493 e. The van der Waals surface area contributed by atoms with Crippen LogP contribution in [0.25, 0.3) is 0 Å². The van der Waals surface area contributed by atoms with Gasteiger partial charge in [-0.25, -0.2) is 8.42 Å². The first-order chi connectivity index (χ1) is 16.6. The summed E-state index contributed by atoms with van der Waals surface area (Å²) < 4.78 is 38.5. The van der Waals surface area contributed by atoms with Crippen molar-refractivity contribution in [2.75, 3.05) is 31.6 Å². The number of anilines is 1. The minimum absolute atomic E-state index is 0.0623. The van der Waals surface area contributed by atoms with Crippen LogP contribution >= 0.6 is 23.2 Å². The molecule has 0 aliphatic carbocycles. The van der Waals surface area contributed by atoms with Crippen molar-refractivity contribution >= 4 is 44.8 Å². The average Bonchev–Trinajstić information content (AvgIpc) is 2.84. The first-order valence-electron chi connectivity index (χ1n) is 10.7. The molecule has 3 rings (SSSR count). The number of benzene rings is 3. The number of carbonyl (C=O) groups is 1. The van der Waals surface area contributed by atoms with Crippen molar-refractivity contribution in [3.8, 4) is 11.5 Å². The maximum Gasteiger partial charge on any atom is 0.264 e. The number of sulfonamides is 1. The Morgan fingerprint density at radius 2 is 1.60 bits per heavy atom. The van der Waals surface area contributed by atoms with Gasteiger partial charge in [-0.1, -0.05) is 47.0 Å². The molecule has 7 nitrogen and oxygen atoms in total. The Morgan fingerprint density at radius 3 is 2.23 bits per heavy atom. The summed E-state index contributed by atoms with van der Waals surface area (Å²) in [5.41, 5.74) is 2.07. The molecule has 0 bridgehead atoms. The predicted molar refractivity (Wildman–Crippen MR) is 138 cm³/mol. The zero-order valence-electron chi connectivity index (χ0n) is 19.5. The summed E-state index contributed by atoms with van der Waals surface area (Å²) in [6.07, 6.45) is 0.517. The molecule has 0 radical (unpaired) electrons. The lowest BCUT2D eigenvalue weighted by Crippen LogP contribution is -2.41. The summed E-state index contributed by atoms with van der Waals surface area (Å²) in [6.45, 7) is 1.73. The van der Waals surface area contributed by atoms with Gasteiger partial charge in [-0.05, 0) is 61.4 Å². The third kappa shape index (κ3) is 6.60. The number of ether oxygens (including phenoxy) is 2. The quantitative estimate of drug-likeness (QED) is 0.399. The molecule has 0 atom stereocenters. The molecule has 10 heteroatoms. The van der Waals surface area contributed by atoms with Gasteiger partial charge in [0, 0.05) is 6.54 Å². The van der Waals surface area contributed by atoms with Gasteiger partial charge in [0.1, 0.15) is 6.54 Å². The Morgan fingerprint density at radius 1 is 0.914 bits per heavy atom. The van der Waals surface area contributed by atoms with Crippen molar-refractivity contribution in [1.82, 2.24) is 5.32 Å². The summed E-state index contributed by atoms with van der Waals surface area (Å²) in [5.74, 6) is 0.734. The zero-order valence-corrected chi connectivity index (χ0v) is 21.9. The van der Waals surface area contributed by atoms with Crippen molar-refractivity contribution in [2.24, 2.45) is 0 Å². The number of carbonyl (C=O) groups excluding carboxylic acids is 1. The fourth-order valence-electron chi connectivity index (χ4n) is 3.36. The van der Waals surface area contributed by atoms with Gasteiger partial charge < -0.3 is 14.8 Å². The second kappa shape index (κ2) is 11.7. The Bertz CT molecular complexity index is 1300. The van der Waals surface area contributed by atoms with Gasteiger partial charge in [0.25, 0.3) is 10.0 Å². The van der Waals surface area contributed by atoms with E-state index in [4.69, 9.17) is 32.7 Å². The van der Waals surface area contributed by atoms with Crippen LogP contribution in [0.4, 0.5) is 5.69 Å². The molecule has 0 unspecified atom stereocenters. The molecule has 0 saturated heterocycles. The lowest BCUT2D eigenvalue weighted by atomic mass is 10.1. The van der Waals surface area contributed by atoms with E-state index in [2.05, 4.69) is 5.32 Å². The maximum absolute atomic E-state index is 13.4.